The van der Waals surface area contributed by atoms with Gasteiger partial charge in [-0.25, -0.2) is 4.79 Å². The van der Waals surface area contributed by atoms with Crippen molar-refractivity contribution in [1.29, 1.82) is 0 Å². The third kappa shape index (κ3) is 4.61. The Labute approximate surface area is 143 Å². The summed E-state index contributed by atoms with van der Waals surface area (Å²) >= 11 is 0. The number of carbonyl (C=O) groups excluding carboxylic acids is 1. The van der Waals surface area contributed by atoms with E-state index >= 15 is 0 Å². The number of carboxylic acids is 1. The van der Waals surface area contributed by atoms with Crippen molar-refractivity contribution in [2.45, 2.75) is 44.3 Å². The summed E-state index contributed by atoms with van der Waals surface area (Å²) in [6.45, 7) is 0.658. The van der Waals surface area contributed by atoms with Crippen LogP contribution in [-0.2, 0) is 14.3 Å². The molecule has 1 heterocycles. The molecule has 2 aliphatic rings. The molecule has 92 valence electrons. The van der Waals surface area contributed by atoms with Crippen LogP contribution in [0.15, 0.2) is 0 Å². The maximum atomic E-state index is 11.5. The number of epoxide rings is 1. The van der Waals surface area contributed by atoms with Gasteiger partial charge in [0.15, 0.2) is 12.2 Å². The minimum absolute atomic E-state index is 0. The van der Waals surface area contributed by atoms with Crippen LogP contribution >= 0.6 is 0 Å². The standard InChI is InChI=1S/C11H17NO4.K.H/c13-10(8-9(16-8)11(14)15)12-6-7-4-2-1-3-5-7;;/h7-9H,1-6H2,(H,12,13)(H,14,15);;. The van der Waals surface area contributed by atoms with Gasteiger partial charge in [0.2, 0.25) is 0 Å². The molecule has 2 atom stereocenters. The minimum atomic E-state index is -1.06. The van der Waals surface area contributed by atoms with E-state index in [2.05, 4.69) is 5.32 Å². The summed E-state index contributed by atoms with van der Waals surface area (Å²) in [4.78, 5) is 21.9. The van der Waals surface area contributed by atoms with E-state index < -0.39 is 18.2 Å². The van der Waals surface area contributed by atoms with Crippen LogP contribution in [0.5, 0.6) is 0 Å². The van der Waals surface area contributed by atoms with E-state index in [1.54, 1.807) is 0 Å². The molecule has 0 aromatic carbocycles. The fourth-order valence-corrected chi connectivity index (χ4v) is 2.24. The summed E-state index contributed by atoms with van der Waals surface area (Å²) < 4.78 is 4.77. The van der Waals surface area contributed by atoms with Gasteiger partial charge in [0.05, 0.1) is 0 Å². The zero-order valence-corrected chi connectivity index (χ0v) is 9.15. The van der Waals surface area contributed by atoms with E-state index in [4.69, 9.17) is 9.84 Å². The summed E-state index contributed by atoms with van der Waals surface area (Å²) in [5.41, 5.74) is 0. The number of carboxylic acid groups (broad SMARTS) is 1. The number of hydrogen-bond donors (Lipinski definition) is 2. The van der Waals surface area contributed by atoms with Gasteiger partial charge in [0.25, 0.3) is 5.91 Å². The molecule has 2 rings (SSSR count). The third-order valence-electron chi connectivity index (χ3n) is 3.28. The first-order valence-electron chi connectivity index (χ1n) is 5.84. The summed E-state index contributed by atoms with van der Waals surface area (Å²) in [7, 11) is 0. The SMILES string of the molecule is O=C(O)C1OC1C(=O)NCC1CCCCC1.[KH]. The van der Waals surface area contributed by atoms with Crippen molar-refractivity contribution in [2.75, 3.05) is 6.54 Å². The molecule has 1 aliphatic heterocycles. The van der Waals surface area contributed by atoms with Gasteiger partial charge in [0, 0.05) is 6.54 Å². The first kappa shape index (κ1) is 15.6. The van der Waals surface area contributed by atoms with E-state index in [1.165, 1.54) is 19.3 Å². The molecular weight excluding hydrogens is 249 g/mol. The van der Waals surface area contributed by atoms with Crippen LogP contribution in [0, 0.1) is 5.92 Å². The summed E-state index contributed by atoms with van der Waals surface area (Å²) in [5, 5.41) is 11.4. The van der Waals surface area contributed by atoms with Crippen LogP contribution in [0.2, 0.25) is 0 Å². The quantitative estimate of drug-likeness (QED) is 0.550. The van der Waals surface area contributed by atoms with Crippen molar-refractivity contribution < 1.29 is 19.4 Å². The van der Waals surface area contributed by atoms with E-state index in [0.717, 1.165) is 12.8 Å². The van der Waals surface area contributed by atoms with Gasteiger partial charge in [-0.2, -0.15) is 0 Å². The number of carbonyl (C=O) groups is 2. The van der Waals surface area contributed by atoms with Gasteiger partial charge in [-0.15, -0.1) is 0 Å². The molecule has 1 aliphatic carbocycles. The Morgan fingerprint density at radius 3 is 2.35 bits per heavy atom. The molecule has 1 amide bonds. The van der Waals surface area contributed by atoms with Crippen molar-refractivity contribution in [3.63, 3.8) is 0 Å². The summed E-state index contributed by atoms with van der Waals surface area (Å²) in [6, 6.07) is 0. The number of amides is 1. The van der Waals surface area contributed by atoms with Crippen molar-refractivity contribution >= 4 is 63.3 Å². The second-order valence-corrected chi connectivity index (χ2v) is 4.56. The number of rotatable bonds is 4. The monoisotopic (exact) mass is 267 g/mol. The van der Waals surface area contributed by atoms with Crippen LogP contribution in [0.4, 0.5) is 0 Å². The van der Waals surface area contributed by atoms with Crippen LogP contribution in [0.1, 0.15) is 32.1 Å². The Bertz CT molecular complexity index is 291. The molecule has 0 radical (unpaired) electrons. The Morgan fingerprint density at radius 1 is 1.18 bits per heavy atom. The first-order chi connectivity index (χ1) is 7.68. The normalized spacial score (nSPS) is 28.0. The molecule has 0 spiro atoms. The molecule has 17 heavy (non-hydrogen) atoms. The second-order valence-electron chi connectivity index (χ2n) is 4.56. The van der Waals surface area contributed by atoms with Gasteiger partial charge < -0.3 is 15.2 Å². The van der Waals surface area contributed by atoms with Crippen molar-refractivity contribution in [3.05, 3.63) is 0 Å². The maximum absolute atomic E-state index is 11.5. The van der Waals surface area contributed by atoms with Crippen molar-refractivity contribution in [1.82, 2.24) is 5.32 Å². The summed E-state index contributed by atoms with van der Waals surface area (Å²) in [6.07, 6.45) is 4.39. The topological polar surface area (TPSA) is 78.9 Å². The van der Waals surface area contributed by atoms with E-state index in [0.29, 0.717) is 12.5 Å². The van der Waals surface area contributed by atoms with E-state index in [1.807, 2.05) is 0 Å². The molecule has 5 nitrogen and oxygen atoms in total. The number of hydrogen-bond acceptors (Lipinski definition) is 3. The predicted octanol–water partition coefficient (Wildman–Crippen LogP) is -0.114. The molecule has 2 unspecified atom stereocenters. The van der Waals surface area contributed by atoms with Gasteiger partial charge in [-0.3, -0.25) is 4.79 Å². The zero-order chi connectivity index (χ0) is 11.5. The zero-order valence-electron chi connectivity index (χ0n) is 9.15. The van der Waals surface area contributed by atoms with E-state index in [-0.39, 0.29) is 57.3 Å². The number of aliphatic carboxylic acids is 1. The Morgan fingerprint density at radius 2 is 1.82 bits per heavy atom. The fraction of sp³-hybridized carbons (Fsp3) is 0.818. The molecule has 0 bridgehead atoms. The van der Waals surface area contributed by atoms with Crippen molar-refractivity contribution in [2.24, 2.45) is 5.92 Å². The van der Waals surface area contributed by atoms with Gasteiger partial charge >= 0.3 is 57.4 Å². The molecule has 6 heteroatoms. The van der Waals surface area contributed by atoms with Gasteiger partial charge in [0.1, 0.15) is 0 Å². The predicted molar refractivity (Wildman–Crippen MR) is 63.0 cm³/mol. The molecule has 1 saturated heterocycles. The van der Waals surface area contributed by atoms with Crippen molar-refractivity contribution in [3.8, 4) is 0 Å². The molecule has 2 fully saturated rings. The molecular formula is C11H18KNO4. The summed E-state index contributed by atoms with van der Waals surface area (Å²) in [5.74, 6) is -0.782. The van der Waals surface area contributed by atoms with Crippen LogP contribution in [-0.4, -0.2) is 87.1 Å². The molecule has 0 aromatic heterocycles. The Balaban J connectivity index is 0.00000144. The second kappa shape index (κ2) is 7.21. The first-order valence-corrected chi connectivity index (χ1v) is 5.84. The molecule has 2 N–H and O–H groups in total. The van der Waals surface area contributed by atoms with Crippen LogP contribution in [0.3, 0.4) is 0 Å². The van der Waals surface area contributed by atoms with Crippen LogP contribution < -0.4 is 5.32 Å². The fourth-order valence-electron chi connectivity index (χ4n) is 2.24. The Kier molecular flexibility index (Phi) is 6.61. The third-order valence-corrected chi connectivity index (χ3v) is 3.28. The number of nitrogens with one attached hydrogen (secondary N) is 1. The Hall–Kier alpha value is 0.536. The van der Waals surface area contributed by atoms with E-state index in [9.17, 15) is 9.59 Å². The number of ether oxygens (including phenoxy) is 1. The average molecular weight is 267 g/mol. The van der Waals surface area contributed by atoms with Gasteiger partial charge in [-0.1, -0.05) is 19.3 Å². The molecule has 1 saturated carbocycles. The average Bonchev–Trinajstić information content (AvgIpc) is 3.07. The van der Waals surface area contributed by atoms with Gasteiger partial charge in [-0.05, 0) is 18.8 Å². The van der Waals surface area contributed by atoms with Crippen LogP contribution in [0.25, 0.3) is 0 Å². The molecule has 0 aromatic rings.